The molecule has 2 aromatic rings. The largest absolute Gasteiger partial charge is 0.462 e. The van der Waals surface area contributed by atoms with Crippen LogP contribution >= 0.6 is 0 Å². The SMILES string of the molecule is CCOC(=O)c1c(C)c2cnc(C)cc2[nH]c1=O. The molecule has 0 spiro atoms. The van der Waals surface area contributed by atoms with Gasteiger partial charge in [0.25, 0.3) is 5.56 Å². The number of esters is 1. The van der Waals surface area contributed by atoms with Gasteiger partial charge in [-0.3, -0.25) is 9.78 Å². The highest BCUT2D eigenvalue weighted by Crippen LogP contribution is 2.17. The number of carbonyl (C=O) groups is 1. The summed E-state index contributed by atoms with van der Waals surface area (Å²) in [6.45, 7) is 5.50. The molecular weight excluding hydrogens is 232 g/mol. The Morgan fingerprint density at radius 1 is 1.44 bits per heavy atom. The maximum absolute atomic E-state index is 11.9. The molecule has 0 bridgehead atoms. The average molecular weight is 246 g/mol. The molecule has 0 aliphatic rings. The van der Waals surface area contributed by atoms with E-state index in [9.17, 15) is 9.59 Å². The number of carbonyl (C=O) groups excluding carboxylic acids is 1. The van der Waals surface area contributed by atoms with Crippen molar-refractivity contribution in [3.8, 4) is 0 Å². The van der Waals surface area contributed by atoms with Crippen molar-refractivity contribution in [2.24, 2.45) is 0 Å². The summed E-state index contributed by atoms with van der Waals surface area (Å²) in [6.07, 6.45) is 1.65. The summed E-state index contributed by atoms with van der Waals surface area (Å²) in [5.41, 5.74) is 1.71. The highest BCUT2D eigenvalue weighted by atomic mass is 16.5. The molecule has 0 unspecified atom stereocenters. The van der Waals surface area contributed by atoms with Crippen LogP contribution in [0, 0.1) is 13.8 Å². The van der Waals surface area contributed by atoms with Crippen molar-refractivity contribution >= 4 is 16.9 Å². The second-order valence-corrected chi connectivity index (χ2v) is 4.05. The van der Waals surface area contributed by atoms with Gasteiger partial charge in [0.15, 0.2) is 0 Å². The smallest absolute Gasteiger partial charge is 0.344 e. The Bertz CT molecular complexity index is 674. The second kappa shape index (κ2) is 4.60. The molecule has 0 aromatic carbocycles. The molecule has 0 fully saturated rings. The van der Waals surface area contributed by atoms with E-state index >= 15 is 0 Å². The number of nitrogens with zero attached hydrogens (tertiary/aromatic N) is 1. The van der Waals surface area contributed by atoms with Crippen LogP contribution in [-0.4, -0.2) is 22.5 Å². The number of fused-ring (bicyclic) bond motifs is 1. The van der Waals surface area contributed by atoms with Crippen molar-refractivity contribution in [1.29, 1.82) is 0 Å². The van der Waals surface area contributed by atoms with E-state index in [0.29, 0.717) is 11.1 Å². The van der Waals surface area contributed by atoms with E-state index in [1.807, 2.05) is 6.92 Å². The lowest BCUT2D eigenvalue weighted by Crippen LogP contribution is -2.21. The number of H-pyrrole nitrogens is 1. The van der Waals surface area contributed by atoms with Crippen molar-refractivity contribution in [1.82, 2.24) is 9.97 Å². The Hall–Kier alpha value is -2.17. The number of nitrogens with one attached hydrogen (secondary N) is 1. The van der Waals surface area contributed by atoms with Crippen molar-refractivity contribution in [3.63, 3.8) is 0 Å². The molecule has 2 rings (SSSR count). The minimum atomic E-state index is -0.598. The number of rotatable bonds is 2. The maximum atomic E-state index is 11.9. The van der Waals surface area contributed by atoms with Crippen molar-refractivity contribution < 1.29 is 9.53 Å². The fourth-order valence-electron chi connectivity index (χ4n) is 1.90. The van der Waals surface area contributed by atoms with E-state index in [-0.39, 0.29) is 12.2 Å². The second-order valence-electron chi connectivity index (χ2n) is 4.05. The number of aromatic nitrogens is 2. The minimum absolute atomic E-state index is 0.0509. The van der Waals surface area contributed by atoms with Crippen molar-refractivity contribution in [3.05, 3.63) is 39.4 Å². The fourth-order valence-corrected chi connectivity index (χ4v) is 1.90. The summed E-state index contributed by atoms with van der Waals surface area (Å²) in [5, 5.41) is 0.753. The average Bonchev–Trinajstić information content (AvgIpc) is 2.28. The van der Waals surface area contributed by atoms with E-state index in [1.54, 1.807) is 26.1 Å². The van der Waals surface area contributed by atoms with Crippen LogP contribution in [0.15, 0.2) is 17.1 Å². The third-order valence-electron chi connectivity index (χ3n) is 2.77. The molecule has 18 heavy (non-hydrogen) atoms. The number of hydrogen-bond donors (Lipinski definition) is 1. The number of ether oxygens (including phenoxy) is 1. The van der Waals surface area contributed by atoms with E-state index in [2.05, 4.69) is 9.97 Å². The summed E-state index contributed by atoms with van der Waals surface area (Å²) >= 11 is 0. The molecule has 2 aromatic heterocycles. The van der Waals surface area contributed by atoms with Gasteiger partial charge < -0.3 is 9.72 Å². The molecule has 0 aliphatic carbocycles. The Morgan fingerprint density at radius 2 is 2.17 bits per heavy atom. The molecule has 0 saturated heterocycles. The van der Waals surface area contributed by atoms with Gasteiger partial charge in [-0.15, -0.1) is 0 Å². The van der Waals surface area contributed by atoms with Gasteiger partial charge in [0.1, 0.15) is 5.56 Å². The van der Waals surface area contributed by atoms with Crippen LogP contribution in [0.4, 0.5) is 0 Å². The van der Waals surface area contributed by atoms with Gasteiger partial charge in [-0.1, -0.05) is 0 Å². The Kier molecular flexibility index (Phi) is 3.14. The standard InChI is InChI=1S/C13H14N2O3/c1-4-18-13(17)11-8(3)9-6-14-7(2)5-10(9)15-12(11)16/h5-6H,4H2,1-3H3,(H,15,16). The monoisotopic (exact) mass is 246 g/mol. The summed E-state index contributed by atoms with van der Waals surface area (Å²) in [7, 11) is 0. The molecule has 0 atom stereocenters. The van der Waals surface area contributed by atoms with Gasteiger partial charge in [-0.25, -0.2) is 4.79 Å². The molecule has 94 valence electrons. The first-order valence-electron chi connectivity index (χ1n) is 5.71. The third-order valence-corrected chi connectivity index (χ3v) is 2.77. The molecule has 1 N–H and O–H groups in total. The van der Waals surface area contributed by atoms with Crippen molar-refractivity contribution in [2.75, 3.05) is 6.61 Å². The first-order chi connectivity index (χ1) is 8.54. The number of aromatic amines is 1. The van der Waals surface area contributed by atoms with Gasteiger partial charge in [0, 0.05) is 17.3 Å². The summed E-state index contributed by atoms with van der Waals surface area (Å²) in [5.74, 6) is -0.598. The topological polar surface area (TPSA) is 72.0 Å². The highest BCUT2D eigenvalue weighted by Gasteiger charge is 2.17. The molecular formula is C13H14N2O3. The lowest BCUT2D eigenvalue weighted by molar-refractivity contribution is 0.0523. The zero-order valence-electron chi connectivity index (χ0n) is 10.5. The molecule has 0 radical (unpaired) electrons. The molecule has 2 heterocycles. The van der Waals surface area contributed by atoms with Gasteiger partial charge >= 0.3 is 5.97 Å². The number of aryl methyl sites for hydroxylation is 2. The lowest BCUT2D eigenvalue weighted by atomic mass is 10.1. The Morgan fingerprint density at radius 3 is 2.83 bits per heavy atom. The minimum Gasteiger partial charge on any atom is -0.462 e. The quantitative estimate of drug-likeness (QED) is 0.819. The molecule has 0 aliphatic heterocycles. The number of hydrogen-bond acceptors (Lipinski definition) is 4. The predicted molar refractivity (Wildman–Crippen MR) is 67.8 cm³/mol. The first-order valence-corrected chi connectivity index (χ1v) is 5.71. The van der Waals surface area contributed by atoms with Gasteiger partial charge in [0.2, 0.25) is 0 Å². The molecule has 5 heteroatoms. The van der Waals surface area contributed by atoms with Crippen LogP contribution < -0.4 is 5.56 Å². The van der Waals surface area contributed by atoms with Gasteiger partial charge in [-0.2, -0.15) is 0 Å². The zero-order chi connectivity index (χ0) is 13.3. The van der Waals surface area contributed by atoms with Crippen molar-refractivity contribution in [2.45, 2.75) is 20.8 Å². The van der Waals surface area contributed by atoms with E-state index in [4.69, 9.17) is 4.74 Å². The third kappa shape index (κ3) is 1.99. The lowest BCUT2D eigenvalue weighted by Gasteiger charge is -2.08. The zero-order valence-corrected chi connectivity index (χ0v) is 10.5. The molecule has 0 amide bonds. The van der Waals surface area contributed by atoms with Gasteiger partial charge in [-0.05, 0) is 32.4 Å². The van der Waals surface area contributed by atoms with Crippen LogP contribution in [-0.2, 0) is 4.74 Å². The Labute approximate surface area is 104 Å². The normalized spacial score (nSPS) is 10.6. The van der Waals surface area contributed by atoms with Crippen LogP contribution in [0.5, 0.6) is 0 Å². The van der Waals surface area contributed by atoms with E-state index in [0.717, 1.165) is 11.1 Å². The van der Waals surface area contributed by atoms with Crippen LogP contribution in [0.2, 0.25) is 0 Å². The predicted octanol–water partition coefficient (Wildman–Crippen LogP) is 1.72. The Balaban J connectivity index is 2.73. The molecule has 0 saturated carbocycles. The van der Waals surface area contributed by atoms with E-state index < -0.39 is 11.5 Å². The van der Waals surface area contributed by atoms with Gasteiger partial charge in [0.05, 0.1) is 12.1 Å². The molecule has 5 nitrogen and oxygen atoms in total. The summed E-state index contributed by atoms with van der Waals surface area (Å²) in [4.78, 5) is 30.5. The van der Waals surface area contributed by atoms with Crippen LogP contribution in [0.25, 0.3) is 10.9 Å². The summed E-state index contributed by atoms with van der Waals surface area (Å²) in [6, 6.07) is 1.78. The van der Waals surface area contributed by atoms with Crippen LogP contribution in [0.1, 0.15) is 28.5 Å². The maximum Gasteiger partial charge on any atom is 0.344 e. The first kappa shape index (κ1) is 12.3. The number of pyridine rings is 2. The van der Waals surface area contributed by atoms with Crippen LogP contribution in [0.3, 0.4) is 0 Å². The highest BCUT2D eigenvalue weighted by molar-refractivity contribution is 5.96. The van der Waals surface area contributed by atoms with E-state index in [1.165, 1.54) is 0 Å². The summed E-state index contributed by atoms with van der Waals surface area (Å²) < 4.78 is 4.88. The fraction of sp³-hybridized carbons (Fsp3) is 0.308.